The van der Waals surface area contributed by atoms with Crippen molar-refractivity contribution >= 4 is 34.4 Å². The fraction of sp³-hybridized carbons (Fsp3) is 0.292. The second kappa shape index (κ2) is 11.0. The van der Waals surface area contributed by atoms with Crippen molar-refractivity contribution in [3.05, 3.63) is 60.4 Å². The number of amides is 2. The van der Waals surface area contributed by atoms with Gasteiger partial charge in [0.05, 0.1) is 26.6 Å². The Kier molecular flexibility index (Phi) is 7.66. The normalized spacial score (nSPS) is 16.4. The van der Waals surface area contributed by atoms with Crippen LogP contribution in [0.15, 0.2) is 60.0 Å². The number of para-hydroxylation sites is 1. The highest BCUT2D eigenvalue weighted by molar-refractivity contribution is 8.14. The van der Waals surface area contributed by atoms with Crippen LogP contribution < -0.4 is 29.9 Å². The van der Waals surface area contributed by atoms with E-state index in [-0.39, 0.29) is 17.6 Å². The molecule has 0 saturated heterocycles. The van der Waals surface area contributed by atoms with Crippen molar-refractivity contribution in [2.45, 2.75) is 19.6 Å². The number of methoxy groups -OCH3 is 2. The first-order valence-electron chi connectivity index (χ1n) is 11.0. The molecule has 2 heterocycles. The Morgan fingerprint density at radius 3 is 2.66 bits per heavy atom. The lowest BCUT2D eigenvalue weighted by atomic mass is 10.2. The summed E-state index contributed by atoms with van der Waals surface area (Å²) < 4.78 is 16.2. The number of thioether (sulfide) groups is 1. The van der Waals surface area contributed by atoms with Gasteiger partial charge in [-0.2, -0.15) is 5.10 Å². The van der Waals surface area contributed by atoms with Gasteiger partial charge in [0.15, 0.2) is 16.7 Å². The molecule has 0 saturated carbocycles. The minimum absolute atomic E-state index is 0.140. The maximum atomic E-state index is 13.0. The first-order valence-corrected chi connectivity index (χ1v) is 12.0. The number of amidine groups is 1. The first kappa shape index (κ1) is 24.3. The van der Waals surface area contributed by atoms with E-state index in [1.807, 2.05) is 43.3 Å². The average molecular weight is 498 g/mol. The van der Waals surface area contributed by atoms with E-state index in [9.17, 15) is 9.59 Å². The van der Waals surface area contributed by atoms with Crippen LogP contribution in [-0.4, -0.2) is 54.6 Å². The van der Waals surface area contributed by atoms with Crippen LogP contribution in [0.4, 0.5) is 5.69 Å². The fourth-order valence-corrected chi connectivity index (χ4v) is 4.47. The Hall–Kier alpha value is -3.86. The number of benzene rings is 2. The molecule has 2 aliphatic heterocycles. The Labute approximate surface area is 207 Å². The van der Waals surface area contributed by atoms with Crippen LogP contribution in [0.25, 0.3) is 0 Å². The van der Waals surface area contributed by atoms with Crippen LogP contribution in [0, 0.1) is 0 Å². The van der Waals surface area contributed by atoms with Gasteiger partial charge in [-0.05, 0) is 37.3 Å². The molecular formula is C24H27N5O5S. The first-order chi connectivity index (χ1) is 17.0. The predicted octanol–water partition coefficient (Wildman–Crippen LogP) is 2.47. The summed E-state index contributed by atoms with van der Waals surface area (Å²) in [6, 6.07) is 12.8. The summed E-state index contributed by atoms with van der Waals surface area (Å²) in [6.45, 7) is 2.79. The molecule has 35 heavy (non-hydrogen) atoms. The van der Waals surface area contributed by atoms with Crippen LogP contribution in [0.3, 0.4) is 0 Å². The Balaban J connectivity index is 1.32. The molecule has 0 radical (unpaired) electrons. The lowest BCUT2D eigenvalue weighted by Gasteiger charge is -2.31. The van der Waals surface area contributed by atoms with Crippen molar-refractivity contribution < 1.29 is 23.8 Å². The molecule has 0 aromatic heterocycles. The van der Waals surface area contributed by atoms with Gasteiger partial charge >= 0.3 is 0 Å². The van der Waals surface area contributed by atoms with Crippen LogP contribution in [0.5, 0.6) is 17.2 Å². The van der Waals surface area contributed by atoms with E-state index in [4.69, 9.17) is 14.2 Å². The number of fused-ring (bicyclic) bond motifs is 1. The van der Waals surface area contributed by atoms with Crippen LogP contribution in [0.2, 0.25) is 0 Å². The number of hydrazone groups is 1. The Morgan fingerprint density at radius 2 is 1.94 bits per heavy atom. The van der Waals surface area contributed by atoms with E-state index in [1.54, 1.807) is 42.5 Å². The average Bonchev–Trinajstić information content (AvgIpc) is 3.30. The quantitative estimate of drug-likeness (QED) is 0.545. The molecule has 2 aromatic carbocycles. The lowest BCUT2D eigenvalue weighted by Crippen LogP contribution is -2.52. The van der Waals surface area contributed by atoms with Crippen molar-refractivity contribution in [3.63, 3.8) is 0 Å². The van der Waals surface area contributed by atoms with Gasteiger partial charge in [0, 0.05) is 30.2 Å². The lowest BCUT2D eigenvalue weighted by molar-refractivity contribution is -0.122. The molecule has 0 fully saturated rings. The summed E-state index contributed by atoms with van der Waals surface area (Å²) in [4.78, 5) is 28.8. The summed E-state index contributed by atoms with van der Waals surface area (Å²) in [7, 11) is 3.13. The minimum atomic E-state index is -0.668. The smallest absolute Gasteiger partial charge is 0.276 e. The molecule has 2 aliphatic rings. The summed E-state index contributed by atoms with van der Waals surface area (Å²) in [5.74, 6) is 1.73. The van der Waals surface area contributed by atoms with Gasteiger partial charge in [0.2, 0.25) is 12.1 Å². The Bertz CT molecular complexity index is 1140. The van der Waals surface area contributed by atoms with Gasteiger partial charge in [0.25, 0.3) is 5.91 Å². The predicted molar refractivity (Wildman–Crippen MR) is 134 cm³/mol. The third kappa shape index (κ3) is 5.29. The fourth-order valence-electron chi connectivity index (χ4n) is 3.67. The highest BCUT2D eigenvalue weighted by atomic mass is 32.2. The van der Waals surface area contributed by atoms with Gasteiger partial charge in [-0.25, -0.2) is 0 Å². The summed E-state index contributed by atoms with van der Waals surface area (Å²) >= 11 is 1.24. The molecule has 10 nitrogen and oxygen atoms in total. The maximum absolute atomic E-state index is 13.0. The zero-order chi connectivity index (χ0) is 24.8. The number of nitrogens with one attached hydrogen (secondary N) is 2. The second-order valence-electron chi connectivity index (χ2n) is 7.48. The molecule has 2 amide bonds. The topological polar surface area (TPSA) is 105 Å². The number of ether oxygens (including phenoxy) is 3. The van der Waals surface area contributed by atoms with Gasteiger partial charge < -0.3 is 19.5 Å². The molecule has 1 unspecified atom stereocenters. The zero-order valence-corrected chi connectivity index (χ0v) is 20.5. The van der Waals surface area contributed by atoms with Crippen molar-refractivity contribution in [1.29, 1.82) is 0 Å². The number of carbonyl (C=O) groups is 2. The molecule has 2 aromatic rings. The van der Waals surface area contributed by atoms with Crippen LogP contribution in [0.1, 0.15) is 12.5 Å². The zero-order valence-electron chi connectivity index (χ0n) is 19.7. The summed E-state index contributed by atoms with van der Waals surface area (Å²) in [5, 5.41) is 7.68. The van der Waals surface area contributed by atoms with E-state index in [2.05, 4.69) is 15.8 Å². The summed E-state index contributed by atoms with van der Waals surface area (Å²) in [5.41, 5.74) is 4.40. The molecule has 4 rings (SSSR count). The maximum Gasteiger partial charge on any atom is 0.276 e. The Morgan fingerprint density at radius 1 is 1.14 bits per heavy atom. The third-order valence-corrected chi connectivity index (χ3v) is 6.31. The van der Waals surface area contributed by atoms with Crippen LogP contribution in [-0.2, 0) is 16.1 Å². The monoisotopic (exact) mass is 497 g/mol. The largest absolute Gasteiger partial charge is 0.494 e. The van der Waals surface area contributed by atoms with Gasteiger partial charge in [-0.15, -0.1) is 0 Å². The molecule has 1 atom stereocenters. The minimum Gasteiger partial charge on any atom is -0.494 e. The van der Waals surface area contributed by atoms with Crippen molar-refractivity contribution in [1.82, 2.24) is 15.6 Å². The molecule has 11 heteroatoms. The molecule has 2 N–H and O–H groups in total. The van der Waals surface area contributed by atoms with E-state index < -0.39 is 6.17 Å². The SMILES string of the molecule is CCOc1ccc(N2C=CN3C(SCC(=O)NCc4cccc(OC)c4OC)=NNC3C2=O)cc1. The summed E-state index contributed by atoms with van der Waals surface area (Å²) in [6.07, 6.45) is 2.79. The second-order valence-corrected chi connectivity index (χ2v) is 8.43. The molecule has 184 valence electrons. The van der Waals surface area contributed by atoms with Crippen molar-refractivity contribution in [2.24, 2.45) is 5.10 Å². The van der Waals surface area contributed by atoms with E-state index in [0.717, 1.165) is 17.0 Å². The van der Waals surface area contributed by atoms with Crippen LogP contribution >= 0.6 is 11.8 Å². The highest BCUT2D eigenvalue weighted by Gasteiger charge is 2.38. The number of hydrogen-bond donors (Lipinski definition) is 2. The van der Waals surface area contributed by atoms with Crippen molar-refractivity contribution in [3.8, 4) is 17.2 Å². The number of hydrogen-bond acceptors (Lipinski definition) is 9. The van der Waals surface area contributed by atoms with E-state index >= 15 is 0 Å². The van der Waals surface area contributed by atoms with Crippen molar-refractivity contribution in [2.75, 3.05) is 31.5 Å². The van der Waals surface area contributed by atoms with Gasteiger partial charge in [-0.3, -0.25) is 24.8 Å². The molecule has 0 spiro atoms. The number of rotatable bonds is 9. The molecule has 0 bridgehead atoms. The number of anilines is 1. The van der Waals surface area contributed by atoms with E-state index in [1.165, 1.54) is 11.8 Å². The highest BCUT2D eigenvalue weighted by Crippen LogP contribution is 2.31. The standard InChI is InChI=1S/C24H27N5O5S/c1-4-34-18-10-8-17(9-11-18)28-12-13-29-22(23(28)31)26-27-24(29)35-15-20(30)25-14-16-6-5-7-19(32-2)21(16)33-3/h5-13,22,26H,4,14-15H2,1-3H3,(H,25,30). The third-order valence-electron chi connectivity index (χ3n) is 5.35. The number of carbonyl (C=O) groups excluding carboxylic acids is 2. The van der Waals surface area contributed by atoms with E-state index in [0.29, 0.717) is 29.8 Å². The molecule has 0 aliphatic carbocycles. The van der Waals surface area contributed by atoms with Gasteiger partial charge in [-0.1, -0.05) is 23.9 Å². The molecular weight excluding hydrogens is 470 g/mol. The number of nitrogens with zero attached hydrogens (tertiary/aromatic N) is 3. The van der Waals surface area contributed by atoms with Gasteiger partial charge in [0.1, 0.15) is 5.75 Å².